The second kappa shape index (κ2) is 5.51. The molecule has 0 N–H and O–H groups in total. The Kier molecular flexibility index (Phi) is 3.79. The quantitative estimate of drug-likeness (QED) is 0.799. The van der Waals surface area contributed by atoms with Crippen molar-refractivity contribution in [3.63, 3.8) is 0 Å². The number of hydrogen-bond acceptors (Lipinski definition) is 3. The van der Waals surface area contributed by atoms with Crippen LogP contribution in [-0.4, -0.2) is 17.4 Å². The summed E-state index contributed by atoms with van der Waals surface area (Å²) in [6.45, 7) is -3.04. The van der Waals surface area contributed by atoms with Crippen molar-refractivity contribution in [1.82, 2.24) is 4.98 Å². The zero-order chi connectivity index (χ0) is 13.8. The summed E-state index contributed by atoms with van der Waals surface area (Å²) in [4.78, 5) is 15.7. The van der Waals surface area contributed by atoms with Crippen molar-refractivity contribution in [3.8, 4) is 5.75 Å². The monoisotopic (exact) mass is 267 g/mol. The number of carbonyl (C=O) groups excluding carboxylic acids is 1. The molecule has 3 nitrogen and oxygen atoms in total. The lowest BCUT2D eigenvalue weighted by Crippen LogP contribution is -2.07. The third-order valence-corrected chi connectivity index (χ3v) is 2.31. The Bertz CT molecular complexity index is 588. The van der Waals surface area contributed by atoms with E-state index in [-0.39, 0.29) is 17.0 Å². The molecule has 0 saturated heterocycles. The molecular weight excluding hydrogens is 259 g/mol. The van der Waals surface area contributed by atoms with E-state index in [4.69, 9.17) is 0 Å². The standard InChI is InChI=1S/C13H8F3NO2/c14-10-7-8(19-13(15)16)4-5-9(10)12(18)11-3-1-2-6-17-11/h1-7,13H. The number of ketones is 1. The molecule has 0 aliphatic rings. The van der Waals surface area contributed by atoms with Gasteiger partial charge in [0.25, 0.3) is 0 Å². The van der Waals surface area contributed by atoms with E-state index < -0.39 is 18.2 Å². The predicted molar refractivity (Wildman–Crippen MR) is 60.7 cm³/mol. The van der Waals surface area contributed by atoms with Crippen LogP contribution < -0.4 is 4.74 Å². The molecule has 1 aromatic carbocycles. The van der Waals surface area contributed by atoms with Crippen molar-refractivity contribution < 1.29 is 22.7 Å². The van der Waals surface area contributed by atoms with Gasteiger partial charge >= 0.3 is 6.61 Å². The topological polar surface area (TPSA) is 39.2 Å². The molecule has 0 atom stereocenters. The third kappa shape index (κ3) is 3.09. The van der Waals surface area contributed by atoms with Crippen LogP contribution in [0.4, 0.5) is 13.2 Å². The highest BCUT2D eigenvalue weighted by molar-refractivity contribution is 6.07. The van der Waals surface area contributed by atoms with Gasteiger partial charge in [0.2, 0.25) is 5.78 Å². The first-order valence-electron chi connectivity index (χ1n) is 5.28. The van der Waals surface area contributed by atoms with Gasteiger partial charge in [0.1, 0.15) is 17.3 Å². The number of pyridine rings is 1. The lowest BCUT2D eigenvalue weighted by molar-refractivity contribution is -0.0499. The van der Waals surface area contributed by atoms with E-state index >= 15 is 0 Å². The summed E-state index contributed by atoms with van der Waals surface area (Å²) in [7, 11) is 0. The van der Waals surface area contributed by atoms with Crippen LogP contribution in [0.3, 0.4) is 0 Å². The Morgan fingerprint density at radius 3 is 2.58 bits per heavy atom. The minimum absolute atomic E-state index is 0.0731. The zero-order valence-corrected chi connectivity index (χ0v) is 9.52. The second-order valence-corrected chi connectivity index (χ2v) is 3.56. The number of benzene rings is 1. The molecule has 0 saturated carbocycles. The average Bonchev–Trinajstić information content (AvgIpc) is 2.38. The highest BCUT2D eigenvalue weighted by Crippen LogP contribution is 2.20. The fraction of sp³-hybridized carbons (Fsp3) is 0.0769. The van der Waals surface area contributed by atoms with Gasteiger partial charge in [0, 0.05) is 12.3 Å². The van der Waals surface area contributed by atoms with E-state index in [0.29, 0.717) is 0 Å². The molecule has 2 rings (SSSR count). The van der Waals surface area contributed by atoms with Crippen molar-refractivity contribution in [1.29, 1.82) is 0 Å². The van der Waals surface area contributed by atoms with Crippen LogP contribution in [0.25, 0.3) is 0 Å². The van der Waals surface area contributed by atoms with Gasteiger partial charge in [-0.2, -0.15) is 8.78 Å². The Morgan fingerprint density at radius 2 is 2.00 bits per heavy atom. The van der Waals surface area contributed by atoms with Crippen molar-refractivity contribution in [3.05, 3.63) is 59.7 Å². The zero-order valence-electron chi connectivity index (χ0n) is 9.52. The normalized spacial score (nSPS) is 10.5. The lowest BCUT2D eigenvalue weighted by Gasteiger charge is -2.06. The molecule has 0 unspecified atom stereocenters. The fourth-order valence-electron chi connectivity index (χ4n) is 1.49. The summed E-state index contributed by atoms with van der Waals surface area (Å²) in [5.74, 6) is -1.90. The van der Waals surface area contributed by atoms with Crippen LogP contribution in [-0.2, 0) is 0 Å². The van der Waals surface area contributed by atoms with Gasteiger partial charge in [-0.3, -0.25) is 9.78 Å². The Hall–Kier alpha value is -2.37. The van der Waals surface area contributed by atoms with E-state index in [1.54, 1.807) is 12.1 Å². The van der Waals surface area contributed by atoms with Gasteiger partial charge in [-0.1, -0.05) is 6.07 Å². The van der Waals surface area contributed by atoms with Crippen molar-refractivity contribution >= 4 is 5.78 Å². The van der Waals surface area contributed by atoms with Crippen LogP contribution in [0.2, 0.25) is 0 Å². The van der Waals surface area contributed by atoms with Gasteiger partial charge < -0.3 is 4.74 Å². The van der Waals surface area contributed by atoms with Gasteiger partial charge in [-0.15, -0.1) is 0 Å². The minimum Gasteiger partial charge on any atom is -0.435 e. The molecule has 19 heavy (non-hydrogen) atoms. The molecular formula is C13H8F3NO2. The molecule has 98 valence electrons. The lowest BCUT2D eigenvalue weighted by atomic mass is 10.1. The van der Waals surface area contributed by atoms with Gasteiger partial charge in [0.05, 0.1) is 5.56 Å². The maximum atomic E-state index is 13.7. The van der Waals surface area contributed by atoms with E-state index in [2.05, 4.69) is 9.72 Å². The van der Waals surface area contributed by atoms with E-state index in [1.165, 1.54) is 12.3 Å². The summed E-state index contributed by atoms with van der Waals surface area (Å²) in [5.41, 5.74) is -0.177. The second-order valence-electron chi connectivity index (χ2n) is 3.56. The molecule has 6 heteroatoms. The number of nitrogens with zero attached hydrogens (tertiary/aromatic N) is 1. The number of aromatic nitrogens is 1. The molecule has 0 aliphatic carbocycles. The van der Waals surface area contributed by atoms with Gasteiger partial charge in [0.15, 0.2) is 0 Å². The predicted octanol–water partition coefficient (Wildman–Crippen LogP) is 3.05. The van der Waals surface area contributed by atoms with Crippen LogP contribution in [0.1, 0.15) is 16.1 Å². The minimum atomic E-state index is -3.04. The fourth-order valence-corrected chi connectivity index (χ4v) is 1.49. The number of carbonyl (C=O) groups is 1. The molecule has 2 aromatic rings. The van der Waals surface area contributed by atoms with Crippen LogP contribution in [0.5, 0.6) is 5.75 Å². The Labute approximate surface area is 106 Å². The van der Waals surface area contributed by atoms with E-state index in [1.807, 2.05) is 0 Å². The molecule has 0 bridgehead atoms. The van der Waals surface area contributed by atoms with Crippen LogP contribution in [0.15, 0.2) is 42.6 Å². The molecule has 1 aromatic heterocycles. The SMILES string of the molecule is O=C(c1ccccn1)c1ccc(OC(F)F)cc1F. The first-order valence-corrected chi connectivity index (χ1v) is 5.28. The summed E-state index contributed by atoms with van der Waals surface area (Å²) < 4.78 is 41.6. The number of hydrogen-bond donors (Lipinski definition) is 0. The van der Waals surface area contributed by atoms with Crippen molar-refractivity contribution in [2.24, 2.45) is 0 Å². The molecule has 0 aliphatic heterocycles. The molecule has 0 spiro atoms. The Balaban J connectivity index is 2.29. The maximum Gasteiger partial charge on any atom is 0.387 e. The first-order chi connectivity index (χ1) is 9.08. The molecule has 0 fully saturated rings. The summed E-state index contributed by atoms with van der Waals surface area (Å²) in [5, 5.41) is 0. The van der Waals surface area contributed by atoms with Gasteiger partial charge in [-0.25, -0.2) is 4.39 Å². The third-order valence-electron chi connectivity index (χ3n) is 2.31. The van der Waals surface area contributed by atoms with E-state index in [0.717, 1.165) is 18.2 Å². The van der Waals surface area contributed by atoms with Crippen LogP contribution in [0, 0.1) is 5.82 Å². The van der Waals surface area contributed by atoms with Crippen molar-refractivity contribution in [2.45, 2.75) is 6.61 Å². The summed E-state index contributed by atoms with van der Waals surface area (Å²) >= 11 is 0. The highest BCUT2D eigenvalue weighted by atomic mass is 19.3. The first kappa shape index (κ1) is 13.1. The van der Waals surface area contributed by atoms with Crippen LogP contribution >= 0.6 is 0 Å². The van der Waals surface area contributed by atoms with E-state index in [9.17, 15) is 18.0 Å². The largest absolute Gasteiger partial charge is 0.435 e. The summed E-state index contributed by atoms with van der Waals surface area (Å²) in [6.07, 6.45) is 1.40. The Morgan fingerprint density at radius 1 is 1.21 bits per heavy atom. The summed E-state index contributed by atoms with van der Waals surface area (Å²) in [6, 6.07) is 7.57. The number of rotatable bonds is 4. The van der Waals surface area contributed by atoms with Crippen molar-refractivity contribution in [2.75, 3.05) is 0 Å². The molecule has 0 radical (unpaired) electrons. The smallest absolute Gasteiger partial charge is 0.387 e. The molecule has 0 amide bonds. The average molecular weight is 267 g/mol. The maximum absolute atomic E-state index is 13.7. The van der Waals surface area contributed by atoms with Gasteiger partial charge in [-0.05, 0) is 24.3 Å². The number of ether oxygens (including phenoxy) is 1. The highest BCUT2D eigenvalue weighted by Gasteiger charge is 2.16. The number of alkyl halides is 2. The molecule has 1 heterocycles. The number of halogens is 3.